The van der Waals surface area contributed by atoms with Crippen LogP contribution in [0.2, 0.25) is 0 Å². The summed E-state index contributed by atoms with van der Waals surface area (Å²) in [6.45, 7) is 5.87. The average molecular weight is 218 g/mol. The summed E-state index contributed by atoms with van der Waals surface area (Å²) < 4.78 is 21.5. The molecule has 2 atom stereocenters. The first kappa shape index (κ1) is 12.1. The molecular formula is C10H20NO2S-. The number of hydrogen-bond acceptors (Lipinski definition) is 3. The molecule has 0 N–H and O–H groups in total. The lowest BCUT2D eigenvalue weighted by atomic mass is 9.92. The Balaban J connectivity index is 2.31. The molecule has 3 nitrogen and oxygen atoms in total. The van der Waals surface area contributed by atoms with Crippen LogP contribution in [-0.2, 0) is 11.1 Å². The highest BCUT2D eigenvalue weighted by Gasteiger charge is 2.22. The molecule has 1 heterocycles. The summed E-state index contributed by atoms with van der Waals surface area (Å²) in [5, 5.41) is -0.308. The van der Waals surface area contributed by atoms with Crippen molar-refractivity contribution in [1.82, 2.24) is 4.90 Å². The molecule has 14 heavy (non-hydrogen) atoms. The predicted octanol–water partition coefficient (Wildman–Crippen LogP) is 1.72. The number of piperidine rings is 1. The van der Waals surface area contributed by atoms with Gasteiger partial charge in [0.1, 0.15) is 0 Å². The van der Waals surface area contributed by atoms with Crippen LogP contribution in [0.15, 0.2) is 0 Å². The van der Waals surface area contributed by atoms with Gasteiger partial charge in [-0.05, 0) is 49.9 Å². The number of rotatable bonds is 4. The maximum atomic E-state index is 10.8. The first-order valence-electron chi connectivity index (χ1n) is 5.47. The molecule has 4 heteroatoms. The molecule has 1 fully saturated rings. The van der Waals surface area contributed by atoms with Gasteiger partial charge in [0.15, 0.2) is 0 Å². The third-order valence-corrected chi connectivity index (χ3v) is 3.99. The summed E-state index contributed by atoms with van der Waals surface area (Å²) >= 11 is -1.95. The Kier molecular flexibility index (Phi) is 5.06. The molecule has 0 spiro atoms. The second kappa shape index (κ2) is 5.83. The highest BCUT2D eigenvalue weighted by atomic mass is 32.2. The van der Waals surface area contributed by atoms with Crippen molar-refractivity contribution >= 4 is 11.1 Å². The molecule has 0 aromatic rings. The average Bonchev–Trinajstić information content (AvgIpc) is 2.18. The summed E-state index contributed by atoms with van der Waals surface area (Å²) in [6, 6.07) is 0. The van der Waals surface area contributed by atoms with Crippen molar-refractivity contribution in [2.45, 2.75) is 44.9 Å². The largest absolute Gasteiger partial charge is 0.771 e. The molecule has 0 bridgehead atoms. The van der Waals surface area contributed by atoms with E-state index in [9.17, 15) is 8.76 Å². The van der Waals surface area contributed by atoms with Gasteiger partial charge < -0.3 is 4.55 Å². The van der Waals surface area contributed by atoms with E-state index >= 15 is 0 Å². The molecule has 1 saturated heterocycles. The molecule has 0 saturated carbocycles. The highest BCUT2D eigenvalue weighted by Crippen LogP contribution is 2.23. The minimum absolute atomic E-state index is 0.308. The fourth-order valence-corrected chi connectivity index (χ4v) is 2.59. The van der Waals surface area contributed by atoms with E-state index in [0.717, 1.165) is 31.8 Å². The Hall–Kier alpha value is 0.0700. The van der Waals surface area contributed by atoms with E-state index in [4.69, 9.17) is 0 Å². The van der Waals surface area contributed by atoms with Gasteiger partial charge in [-0.1, -0.05) is 19.8 Å². The summed E-state index contributed by atoms with van der Waals surface area (Å²) in [6.07, 6.45) is 4.86. The normalized spacial score (nSPS) is 24.8. The van der Waals surface area contributed by atoms with Gasteiger partial charge >= 0.3 is 0 Å². The predicted molar refractivity (Wildman–Crippen MR) is 57.6 cm³/mol. The van der Waals surface area contributed by atoms with E-state index in [0.29, 0.717) is 0 Å². The molecule has 0 amide bonds. The summed E-state index contributed by atoms with van der Waals surface area (Å²) in [5.74, 6) is 0.823. The zero-order valence-corrected chi connectivity index (χ0v) is 9.89. The standard InChI is InChI=1S/C10H21NO2S/c1-3-4-10-5-7-11(8-6-10)9(2)14(12)13/h9-10H,3-8H2,1-2H3,(H,12,13)/p-1. The lowest BCUT2D eigenvalue weighted by molar-refractivity contribution is 0.167. The molecule has 0 aliphatic carbocycles. The molecule has 1 aliphatic heterocycles. The minimum atomic E-state index is -1.95. The van der Waals surface area contributed by atoms with Crippen molar-refractivity contribution < 1.29 is 8.76 Å². The fourth-order valence-electron chi connectivity index (χ4n) is 2.14. The monoisotopic (exact) mass is 218 g/mol. The van der Waals surface area contributed by atoms with Gasteiger partial charge in [0, 0.05) is 0 Å². The van der Waals surface area contributed by atoms with Crippen molar-refractivity contribution in [2.24, 2.45) is 5.92 Å². The zero-order chi connectivity index (χ0) is 10.6. The van der Waals surface area contributed by atoms with Gasteiger partial charge in [0.05, 0.1) is 5.37 Å². The first-order chi connectivity index (χ1) is 6.65. The van der Waals surface area contributed by atoms with Crippen molar-refractivity contribution in [3.63, 3.8) is 0 Å². The van der Waals surface area contributed by atoms with Crippen LogP contribution in [0.3, 0.4) is 0 Å². The van der Waals surface area contributed by atoms with Crippen molar-refractivity contribution in [3.8, 4) is 0 Å². The molecule has 0 aromatic carbocycles. The van der Waals surface area contributed by atoms with Crippen molar-refractivity contribution in [3.05, 3.63) is 0 Å². The van der Waals surface area contributed by atoms with Crippen LogP contribution in [0, 0.1) is 5.92 Å². The van der Waals surface area contributed by atoms with Crippen molar-refractivity contribution in [1.29, 1.82) is 0 Å². The van der Waals surface area contributed by atoms with Gasteiger partial charge in [-0.25, -0.2) is 0 Å². The Bertz CT molecular complexity index is 191. The maximum Gasteiger partial charge on any atom is 0.0697 e. The third kappa shape index (κ3) is 3.33. The van der Waals surface area contributed by atoms with Crippen LogP contribution in [-0.4, -0.2) is 32.1 Å². The summed E-state index contributed by atoms with van der Waals surface area (Å²) in [7, 11) is 0. The van der Waals surface area contributed by atoms with Gasteiger partial charge in [0.25, 0.3) is 0 Å². The Morgan fingerprint density at radius 2 is 2.07 bits per heavy atom. The minimum Gasteiger partial charge on any atom is -0.771 e. The van der Waals surface area contributed by atoms with Gasteiger partial charge in [-0.2, -0.15) is 0 Å². The molecule has 2 unspecified atom stereocenters. The van der Waals surface area contributed by atoms with E-state index in [-0.39, 0.29) is 5.37 Å². The molecular weight excluding hydrogens is 198 g/mol. The second-order valence-corrected chi connectivity index (χ2v) is 5.33. The van der Waals surface area contributed by atoms with Gasteiger partial charge in [-0.15, -0.1) is 0 Å². The van der Waals surface area contributed by atoms with E-state index in [2.05, 4.69) is 11.8 Å². The molecule has 1 rings (SSSR count). The van der Waals surface area contributed by atoms with Crippen LogP contribution in [0.25, 0.3) is 0 Å². The fraction of sp³-hybridized carbons (Fsp3) is 1.00. The smallest absolute Gasteiger partial charge is 0.0697 e. The summed E-state index contributed by atoms with van der Waals surface area (Å²) in [4.78, 5) is 2.06. The van der Waals surface area contributed by atoms with Crippen molar-refractivity contribution in [2.75, 3.05) is 13.1 Å². The summed E-state index contributed by atoms with van der Waals surface area (Å²) in [5.41, 5.74) is 0. The molecule has 84 valence electrons. The topological polar surface area (TPSA) is 43.4 Å². The molecule has 0 aromatic heterocycles. The highest BCUT2D eigenvalue weighted by molar-refractivity contribution is 7.79. The van der Waals surface area contributed by atoms with E-state index < -0.39 is 11.1 Å². The number of nitrogens with zero attached hydrogens (tertiary/aromatic N) is 1. The Morgan fingerprint density at radius 1 is 1.50 bits per heavy atom. The van der Waals surface area contributed by atoms with E-state index in [1.165, 1.54) is 12.8 Å². The molecule has 1 aliphatic rings. The molecule has 0 radical (unpaired) electrons. The third-order valence-electron chi connectivity index (χ3n) is 3.14. The quantitative estimate of drug-likeness (QED) is 0.675. The SMILES string of the molecule is CCCC1CCN(C(C)S(=O)[O-])CC1. The second-order valence-electron chi connectivity index (χ2n) is 4.13. The number of hydrogen-bond donors (Lipinski definition) is 0. The van der Waals surface area contributed by atoms with Gasteiger partial charge in [-0.3, -0.25) is 9.11 Å². The van der Waals surface area contributed by atoms with E-state index in [1.807, 2.05) is 0 Å². The van der Waals surface area contributed by atoms with E-state index in [1.54, 1.807) is 6.92 Å². The Labute approximate surface area is 89.2 Å². The first-order valence-corrected chi connectivity index (χ1v) is 6.61. The van der Waals surface area contributed by atoms with Gasteiger partial charge in [0.2, 0.25) is 0 Å². The maximum absolute atomic E-state index is 10.8. The zero-order valence-electron chi connectivity index (χ0n) is 9.07. The van der Waals surface area contributed by atoms with Crippen LogP contribution in [0.5, 0.6) is 0 Å². The van der Waals surface area contributed by atoms with Crippen LogP contribution in [0.1, 0.15) is 39.5 Å². The number of likely N-dealkylation sites (tertiary alicyclic amines) is 1. The lowest BCUT2D eigenvalue weighted by Crippen LogP contribution is -2.41. The van der Waals surface area contributed by atoms with Crippen LogP contribution >= 0.6 is 0 Å². The lowest BCUT2D eigenvalue weighted by Gasteiger charge is -2.36. The van der Waals surface area contributed by atoms with Crippen LogP contribution in [0.4, 0.5) is 0 Å². The van der Waals surface area contributed by atoms with Crippen LogP contribution < -0.4 is 0 Å². The Morgan fingerprint density at radius 3 is 2.50 bits per heavy atom.